The second kappa shape index (κ2) is 5.39. The number of esters is 1. The molecular weight excluding hydrogens is 266 g/mol. The van der Waals surface area contributed by atoms with Crippen molar-refractivity contribution < 1.29 is 19.2 Å². The number of aryl methyl sites for hydroxylation is 1. The van der Waals surface area contributed by atoms with Crippen LogP contribution in [0.1, 0.15) is 10.4 Å². The lowest BCUT2D eigenvalue weighted by Gasteiger charge is -2.06. The minimum atomic E-state index is -0.639. The maximum atomic E-state index is 11.4. The van der Waals surface area contributed by atoms with E-state index in [9.17, 15) is 14.9 Å². The standard InChI is InChI=1S/C12H11N3O5/c1-14-7-13-10(15(17)18)11(14)20-9-5-3-4-8(6-9)12(16)19-2/h3-7H,1-2H3. The fourth-order valence-electron chi connectivity index (χ4n) is 1.57. The Balaban J connectivity index is 2.33. The molecule has 0 spiro atoms. The Kier molecular flexibility index (Phi) is 3.65. The Labute approximate surface area is 113 Å². The van der Waals surface area contributed by atoms with Crippen LogP contribution in [-0.4, -0.2) is 27.6 Å². The molecule has 2 aromatic rings. The summed E-state index contributed by atoms with van der Waals surface area (Å²) in [6.45, 7) is 0. The van der Waals surface area contributed by atoms with Gasteiger partial charge in [0.05, 0.1) is 12.7 Å². The monoisotopic (exact) mass is 277 g/mol. The van der Waals surface area contributed by atoms with Crippen molar-refractivity contribution in [2.75, 3.05) is 7.11 Å². The molecule has 0 radical (unpaired) electrons. The molecule has 0 aliphatic heterocycles. The first-order valence-corrected chi connectivity index (χ1v) is 5.55. The van der Waals surface area contributed by atoms with Gasteiger partial charge in [-0.1, -0.05) is 6.07 Å². The minimum absolute atomic E-state index is 0.0167. The van der Waals surface area contributed by atoms with Crippen molar-refractivity contribution in [3.05, 3.63) is 46.3 Å². The highest BCUT2D eigenvalue weighted by molar-refractivity contribution is 5.89. The van der Waals surface area contributed by atoms with Crippen LogP contribution in [0.3, 0.4) is 0 Å². The first-order valence-electron chi connectivity index (χ1n) is 5.55. The number of rotatable bonds is 4. The Morgan fingerprint density at radius 3 is 2.85 bits per heavy atom. The fourth-order valence-corrected chi connectivity index (χ4v) is 1.57. The predicted molar refractivity (Wildman–Crippen MR) is 67.7 cm³/mol. The lowest BCUT2D eigenvalue weighted by atomic mass is 10.2. The molecule has 1 aromatic heterocycles. The van der Waals surface area contributed by atoms with Gasteiger partial charge >= 0.3 is 17.7 Å². The van der Waals surface area contributed by atoms with Crippen LogP contribution in [0, 0.1) is 10.1 Å². The largest absolute Gasteiger partial charge is 0.465 e. The predicted octanol–water partition coefficient (Wildman–Crippen LogP) is 1.91. The molecule has 8 nitrogen and oxygen atoms in total. The first-order chi connectivity index (χ1) is 9.52. The van der Waals surface area contributed by atoms with E-state index in [1.54, 1.807) is 25.2 Å². The lowest BCUT2D eigenvalue weighted by molar-refractivity contribution is -0.390. The summed E-state index contributed by atoms with van der Waals surface area (Å²) in [7, 11) is 2.83. The number of nitro groups is 1. The van der Waals surface area contributed by atoms with Gasteiger partial charge < -0.3 is 19.6 Å². The zero-order chi connectivity index (χ0) is 14.7. The van der Waals surface area contributed by atoms with Crippen LogP contribution in [0.15, 0.2) is 30.6 Å². The number of carbonyl (C=O) groups excluding carboxylic acids is 1. The van der Waals surface area contributed by atoms with Crippen molar-refractivity contribution in [3.8, 4) is 11.6 Å². The van der Waals surface area contributed by atoms with E-state index in [1.807, 2.05) is 0 Å². The Morgan fingerprint density at radius 2 is 2.20 bits per heavy atom. The van der Waals surface area contributed by atoms with Gasteiger partial charge in [-0.2, -0.15) is 0 Å². The van der Waals surface area contributed by atoms with E-state index in [4.69, 9.17) is 4.74 Å². The molecule has 8 heteroatoms. The molecular formula is C12H11N3O5. The van der Waals surface area contributed by atoms with Gasteiger partial charge in [-0.25, -0.2) is 4.79 Å². The molecule has 0 atom stereocenters. The van der Waals surface area contributed by atoms with Crippen LogP contribution < -0.4 is 4.74 Å². The van der Waals surface area contributed by atoms with E-state index >= 15 is 0 Å². The summed E-state index contributed by atoms with van der Waals surface area (Å²) in [6, 6.07) is 6.14. The van der Waals surface area contributed by atoms with Gasteiger partial charge in [0.25, 0.3) is 0 Å². The van der Waals surface area contributed by atoms with Crippen molar-refractivity contribution in [3.63, 3.8) is 0 Å². The average molecular weight is 277 g/mol. The van der Waals surface area contributed by atoms with Crippen molar-refractivity contribution >= 4 is 11.8 Å². The Hall–Kier alpha value is -2.90. The average Bonchev–Trinajstić information content (AvgIpc) is 2.80. The van der Waals surface area contributed by atoms with Gasteiger partial charge in [-0.3, -0.25) is 4.57 Å². The molecule has 0 unspecified atom stereocenters. The molecule has 0 aliphatic rings. The third kappa shape index (κ3) is 2.58. The molecule has 1 heterocycles. The number of imidazole rings is 1. The van der Waals surface area contributed by atoms with Crippen LogP contribution in [0.2, 0.25) is 0 Å². The second-order valence-electron chi connectivity index (χ2n) is 3.86. The van der Waals surface area contributed by atoms with Gasteiger partial charge in [-0.05, 0) is 28.1 Å². The maximum absolute atomic E-state index is 11.4. The normalized spacial score (nSPS) is 10.1. The lowest BCUT2D eigenvalue weighted by Crippen LogP contribution is -2.01. The van der Waals surface area contributed by atoms with Gasteiger partial charge in [0.1, 0.15) is 5.75 Å². The van der Waals surface area contributed by atoms with Gasteiger partial charge in [0.15, 0.2) is 0 Å². The molecule has 0 bridgehead atoms. The topological polar surface area (TPSA) is 96.5 Å². The molecule has 20 heavy (non-hydrogen) atoms. The highest BCUT2D eigenvalue weighted by Crippen LogP contribution is 2.29. The SMILES string of the molecule is COC(=O)c1cccc(Oc2c([N+](=O)[O-])ncn2C)c1. The van der Waals surface area contributed by atoms with E-state index < -0.39 is 16.7 Å². The molecule has 0 saturated heterocycles. The van der Waals surface area contributed by atoms with Gasteiger partial charge in [-0.15, -0.1) is 0 Å². The van der Waals surface area contributed by atoms with E-state index in [0.29, 0.717) is 0 Å². The number of hydrogen-bond acceptors (Lipinski definition) is 6. The summed E-state index contributed by atoms with van der Waals surface area (Å²) in [5.74, 6) is -0.650. The van der Waals surface area contributed by atoms with E-state index in [2.05, 4.69) is 9.72 Å². The summed E-state index contributed by atoms with van der Waals surface area (Å²) >= 11 is 0. The van der Waals surface area contributed by atoms with E-state index in [1.165, 1.54) is 24.1 Å². The molecule has 0 N–H and O–H groups in total. The van der Waals surface area contributed by atoms with Gasteiger partial charge in [0, 0.05) is 7.05 Å². The summed E-state index contributed by atoms with van der Waals surface area (Å²) in [5, 5.41) is 10.8. The summed E-state index contributed by atoms with van der Waals surface area (Å²) < 4.78 is 11.4. The third-order valence-corrected chi connectivity index (χ3v) is 2.51. The smallest absolute Gasteiger partial charge is 0.427 e. The summed E-state index contributed by atoms with van der Waals surface area (Å²) in [4.78, 5) is 25.2. The number of nitrogens with zero attached hydrogens (tertiary/aromatic N) is 3. The Bertz CT molecular complexity index is 665. The maximum Gasteiger partial charge on any atom is 0.427 e. The number of carbonyl (C=O) groups is 1. The van der Waals surface area contributed by atoms with E-state index in [0.717, 1.165) is 0 Å². The number of benzene rings is 1. The van der Waals surface area contributed by atoms with Crippen molar-refractivity contribution in [1.82, 2.24) is 9.55 Å². The van der Waals surface area contributed by atoms with Crippen LogP contribution in [0.4, 0.5) is 5.82 Å². The minimum Gasteiger partial charge on any atom is -0.465 e. The highest BCUT2D eigenvalue weighted by Gasteiger charge is 2.22. The van der Waals surface area contributed by atoms with Crippen molar-refractivity contribution in [2.45, 2.75) is 0 Å². The molecule has 0 fully saturated rings. The zero-order valence-electron chi connectivity index (χ0n) is 10.8. The van der Waals surface area contributed by atoms with Crippen LogP contribution in [0.25, 0.3) is 0 Å². The van der Waals surface area contributed by atoms with Gasteiger partial charge in [0.2, 0.25) is 6.33 Å². The highest BCUT2D eigenvalue weighted by atomic mass is 16.6. The quantitative estimate of drug-likeness (QED) is 0.481. The molecule has 104 valence electrons. The van der Waals surface area contributed by atoms with Crippen molar-refractivity contribution in [1.29, 1.82) is 0 Å². The summed E-state index contributed by atoms with van der Waals surface area (Å²) in [6.07, 6.45) is 1.28. The summed E-state index contributed by atoms with van der Waals surface area (Å²) in [5.41, 5.74) is 0.287. The number of aromatic nitrogens is 2. The number of hydrogen-bond donors (Lipinski definition) is 0. The zero-order valence-corrected chi connectivity index (χ0v) is 10.8. The number of ether oxygens (including phenoxy) is 2. The van der Waals surface area contributed by atoms with Crippen LogP contribution in [-0.2, 0) is 11.8 Å². The van der Waals surface area contributed by atoms with E-state index in [-0.39, 0.29) is 17.2 Å². The Morgan fingerprint density at radius 1 is 1.45 bits per heavy atom. The molecule has 1 aromatic carbocycles. The molecule has 0 amide bonds. The number of methoxy groups -OCH3 is 1. The van der Waals surface area contributed by atoms with Crippen LogP contribution in [0.5, 0.6) is 11.6 Å². The molecule has 0 aliphatic carbocycles. The molecule has 0 saturated carbocycles. The third-order valence-electron chi connectivity index (χ3n) is 2.51. The molecule has 2 rings (SSSR count). The van der Waals surface area contributed by atoms with Crippen molar-refractivity contribution in [2.24, 2.45) is 7.05 Å². The first kappa shape index (κ1) is 13.5. The van der Waals surface area contributed by atoms with Crippen LogP contribution >= 0.6 is 0 Å². The second-order valence-corrected chi connectivity index (χ2v) is 3.86. The fraction of sp³-hybridized carbons (Fsp3) is 0.167.